The van der Waals surface area contributed by atoms with E-state index in [9.17, 15) is 0 Å². The van der Waals surface area contributed by atoms with Gasteiger partial charge < -0.3 is 4.74 Å². The van der Waals surface area contributed by atoms with Gasteiger partial charge in [0.2, 0.25) is 0 Å². The fourth-order valence-electron chi connectivity index (χ4n) is 1.91. The zero-order valence-electron chi connectivity index (χ0n) is 8.56. The summed E-state index contributed by atoms with van der Waals surface area (Å²) in [5, 5.41) is 0. The Morgan fingerprint density at radius 2 is 1.88 bits per heavy atom. The summed E-state index contributed by atoms with van der Waals surface area (Å²) in [5.41, 5.74) is 2.03. The number of epoxide rings is 1. The van der Waals surface area contributed by atoms with Crippen LogP contribution in [0.3, 0.4) is 0 Å². The normalized spacial score (nSPS) is 23.1. The number of halogens is 1. The van der Waals surface area contributed by atoms with Gasteiger partial charge in [-0.1, -0.05) is 30.3 Å². The van der Waals surface area contributed by atoms with E-state index < -0.39 is 0 Å². The van der Waals surface area contributed by atoms with Gasteiger partial charge in [-0.15, -0.1) is 0 Å². The van der Waals surface area contributed by atoms with E-state index in [4.69, 9.17) is 4.74 Å². The van der Waals surface area contributed by atoms with Gasteiger partial charge >= 0.3 is 0 Å². The van der Waals surface area contributed by atoms with Gasteiger partial charge in [-0.25, -0.2) is 0 Å². The Morgan fingerprint density at radius 1 is 1.12 bits per heavy atom. The van der Waals surface area contributed by atoms with Crippen LogP contribution in [0.4, 0.5) is 0 Å². The molecule has 1 aromatic carbocycles. The standard InChI is InChI=1S/C13H10BrNO/c14-12-6-11(7-15-8-12)13(9-16-13)10-4-2-1-3-5-10/h1-8H,9H2. The summed E-state index contributed by atoms with van der Waals surface area (Å²) < 4.78 is 6.64. The number of ether oxygens (including phenoxy) is 1. The van der Waals surface area contributed by atoms with Crippen LogP contribution in [0, 0.1) is 0 Å². The average Bonchev–Trinajstić information content (AvgIpc) is 3.11. The molecule has 1 unspecified atom stereocenters. The Morgan fingerprint density at radius 3 is 2.50 bits per heavy atom. The fourth-order valence-corrected chi connectivity index (χ4v) is 2.28. The van der Waals surface area contributed by atoms with Crippen molar-refractivity contribution in [3.63, 3.8) is 0 Å². The van der Waals surface area contributed by atoms with E-state index in [0.717, 1.165) is 16.6 Å². The third kappa shape index (κ3) is 1.56. The minimum absolute atomic E-state index is 0.266. The van der Waals surface area contributed by atoms with E-state index in [1.165, 1.54) is 5.56 Å². The number of rotatable bonds is 2. The van der Waals surface area contributed by atoms with Gasteiger partial charge in [-0.2, -0.15) is 0 Å². The van der Waals surface area contributed by atoms with Gasteiger partial charge in [-0.3, -0.25) is 4.98 Å². The molecular formula is C13H10BrNO. The molecule has 1 aliphatic heterocycles. The lowest BCUT2D eigenvalue weighted by Gasteiger charge is -2.12. The van der Waals surface area contributed by atoms with E-state index in [2.05, 4.69) is 39.1 Å². The number of hydrogen-bond acceptors (Lipinski definition) is 2. The van der Waals surface area contributed by atoms with Crippen molar-refractivity contribution in [2.75, 3.05) is 6.61 Å². The topological polar surface area (TPSA) is 25.4 Å². The average molecular weight is 276 g/mol. The molecule has 1 fully saturated rings. The molecule has 0 saturated carbocycles. The van der Waals surface area contributed by atoms with Crippen LogP contribution >= 0.6 is 15.9 Å². The summed E-state index contributed by atoms with van der Waals surface area (Å²) in [7, 11) is 0. The molecule has 0 radical (unpaired) electrons. The van der Waals surface area contributed by atoms with Crippen LogP contribution in [-0.2, 0) is 10.3 Å². The Kier molecular flexibility index (Phi) is 2.30. The van der Waals surface area contributed by atoms with Crippen molar-refractivity contribution < 1.29 is 4.74 Å². The second-order valence-electron chi connectivity index (χ2n) is 3.87. The van der Waals surface area contributed by atoms with Crippen LogP contribution in [0.25, 0.3) is 0 Å². The van der Waals surface area contributed by atoms with Crippen molar-refractivity contribution in [3.05, 3.63) is 64.4 Å². The Balaban J connectivity index is 2.07. The second kappa shape index (κ2) is 3.68. The second-order valence-corrected chi connectivity index (χ2v) is 4.79. The maximum atomic E-state index is 5.66. The molecule has 2 heterocycles. The van der Waals surface area contributed by atoms with E-state index in [1.54, 1.807) is 6.20 Å². The predicted octanol–water partition coefficient (Wildman–Crippen LogP) is 3.12. The Hall–Kier alpha value is -1.19. The Bertz CT molecular complexity index is 508. The van der Waals surface area contributed by atoms with Gasteiger partial charge in [0.05, 0.1) is 6.61 Å². The molecular weight excluding hydrogens is 266 g/mol. The minimum Gasteiger partial charge on any atom is -0.359 e. The van der Waals surface area contributed by atoms with E-state index in [-0.39, 0.29) is 5.60 Å². The lowest BCUT2D eigenvalue weighted by molar-refractivity contribution is 0.348. The molecule has 0 aliphatic carbocycles. The summed E-state index contributed by atoms with van der Waals surface area (Å²) >= 11 is 3.44. The summed E-state index contributed by atoms with van der Waals surface area (Å²) in [6, 6.07) is 12.3. The van der Waals surface area contributed by atoms with Gasteiger partial charge in [0, 0.05) is 22.4 Å². The highest BCUT2D eigenvalue weighted by Crippen LogP contribution is 2.45. The largest absolute Gasteiger partial charge is 0.359 e. The summed E-state index contributed by atoms with van der Waals surface area (Å²) in [6.07, 6.45) is 3.65. The molecule has 3 rings (SSSR count). The SMILES string of the molecule is Brc1cncc(C2(c3ccccc3)CO2)c1. The van der Waals surface area contributed by atoms with Crippen molar-refractivity contribution in [1.29, 1.82) is 0 Å². The van der Waals surface area contributed by atoms with E-state index >= 15 is 0 Å². The van der Waals surface area contributed by atoms with Crippen LogP contribution in [0.5, 0.6) is 0 Å². The smallest absolute Gasteiger partial charge is 0.143 e. The summed E-state index contributed by atoms with van der Waals surface area (Å²) in [5.74, 6) is 0. The number of hydrogen-bond donors (Lipinski definition) is 0. The molecule has 0 bridgehead atoms. The summed E-state index contributed by atoms with van der Waals surface area (Å²) in [4.78, 5) is 4.19. The zero-order chi connectivity index (χ0) is 11.0. The number of benzene rings is 1. The van der Waals surface area contributed by atoms with Crippen LogP contribution in [0.1, 0.15) is 11.1 Å². The summed E-state index contributed by atoms with van der Waals surface area (Å²) in [6.45, 7) is 0.731. The number of nitrogens with zero attached hydrogens (tertiary/aromatic N) is 1. The minimum atomic E-state index is -0.266. The molecule has 0 spiro atoms. The highest BCUT2D eigenvalue weighted by atomic mass is 79.9. The molecule has 1 aliphatic rings. The first-order valence-corrected chi connectivity index (χ1v) is 5.91. The van der Waals surface area contributed by atoms with Crippen LogP contribution in [0.2, 0.25) is 0 Å². The van der Waals surface area contributed by atoms with Crippen LogP contribution in [-0.4, -0.2) is 11.6 Å². The Labute approximate surface area is 102 Å². The molecule has 1 aromatic heterocycles. The molecule has 16 heavy (non-hydrogen) atoms. The highest BCUT2D eigenvalue weighted by Gasteiger charge is 2.48. The van der Waals surface area contributed by atoms with Crippen molar-refractivity contribution in [3.8, 4) is 0 Å². The third-order valence-electron chi connectivity index (χ3n) is 2.84. The van der Waals surface area contributed by atoms with Crippen molar-refractivity contribution >= 4 is 15.9 Å². The molecule has 1 atom stereocenters. The zero-order valence-corrected chi connectivity index (χ0v) is 10.1. The number of pyridine rings is 1. The third-order valence-corrected chi connectivity index (χ3v) is 3.28. The van der Waals surface area contributed by atoms with Gasteiger partial charge in [0.25, 0.3) is 0 Å². The molecule has 0 amide bonds. The van der Waals surface area contributed by atoms with Crippen LogP contribution < -0.4 is 0 Å². The maximum absolute atomic E-state index is 5.66. The molecule has 2 aromatic rings. The van der Waals surface area contributed by atoms with Crippen LogP contribution in [0.15, 0.2) is 53.3 Å². The monoisotopic (exact) mass is 275 g/mol. The van der Waals surface area contributed by atoms with Gasteiger partial charge in [-0.05, 0) is 27.6 Å². The van der Waals surface area contributed by atoms with Crippen molar-refractivity contribution in [1.82, 2.24) is 4.98 Å². The molecule has 1 saturated heterocycles. The quantitative estimate of drug-likeness (QED) is 0.787. The molecule has 0 N–H and O–H groups in total. The van der Waals surface area contributed by atoms with Gasteiger partial charge in [0.1, 0.15) is 5.60 Å². The van der Waals surface area contributed by atoms with Crippen molar-refractivity contribution in [2.45, 2.75) is 5.60 Å². The first-order valence-electron chi connectivity index (χ1n) is 5.12. The molecule has 80 valence electrons. The van der Waals surface area contributed by atoms with Gasteiger partial charge in [0.15, 0.2) is 0 Å². The molecule has 2 nitrogen and oxygen atoms in total. The lowest BCUT2D eigenvalue weighted by Crippen LogP contribution is -2.10. The first kappa shape index (κ1) is 10.00. The molecule has 3 heteroatoms. The predicted molar refractivity (Wildman–Crippen MR) is 65.1 cm³/mol. The highest BCUT2D eigenvalue weighted by molar-refractivity contribution is 9.10. The van der Waals surface area contributed by atoms with Crippen molar-refractivity contribution in [2.24, 2.45) is 0 Å². The van der Waals surface area contributed by atoms with E-state index in [0.29, 0.717) is 0 Å². The fraction of sp³-hybridized carbons (Fsp3) is 0.154. The first-order chi connectivity index (χ1) is 7.81. The number of aromatic nitrogens is 1. The maximum Gasteiger partial charge on any atom is 0.143 e. The lowest BCUT2D eigenvalue weighted by atomic mass is 9.93. The van der Waals surface area contributed by atoms with E-state index in [1.807, 2.05) is 24.4 Å².